The maximum atomic E-state index is 11.3. The summed E-state index contributed by atoms with van der Waals surface area (Å²) in [6.07, 6.45) is 0. The first kappa shape index (κ1) is 13.7. The van der Waals surface area contributed by atoms with Gasteiger partial charge in [0.25, 0.3) is 0 Å². The van der Waals surface area contributed by atoms with Crippen molar-refractivity contribution < 1.29 is 9.90 Å². The number of rotatable bonds is 4. The van der Waals surface area contributed by atoms with Crippen LogP contribution in [0, 0.1) is 0 Å². The molecule has 4 nitrogen and oxygen atoms in total. The van der Waals surface area contributed by atoms with E-state index in [1.54, 1.807) is 0 Å². The van der Waals surface area contributed by atoms with Gasteiger partial charge in [0, 0.05) is 16.5 Å². The molecule has 21 heavy (non-hydrogen) atoms. The standard InChI is InChI=1S/C16H14N2O2S/c19-16(20)14(9-21)18-15-10-5-1-3-7-12(10)17-13-8-4-2-6-11(13)15/h1-8,14,21H,9H2,(H,17,18)(H,19,20)/t14-/m1/s1. The van der Waals surface area contributed by atoms with Gasteiger partial charge < -0.3 is 10.4 Å². The zero-order valence-electron chi connectivity index (χ0n) is 11.2. The van der Waals surface area contributed by atoms with Crippen LogP contribution in [0.1, 0.15) is 0 Å². The number of hydrogen-bond donors (Lipinski definition) is 3. The highest BCUT2D eigenvalue weighted by Gasteiger charge is 2.18. The van der Waals surface area contributed by atoms with Crippen LogP contribution in [0.4, 0.5) is 5.69 Å². The van der Waals surface area contributed by atoms with Gasteiger partial charge in [-0.2, -0.15) is 12.6 Å². The molecule has 3 aromatic rings. The Morgan fingerprint density at radius 2 is 1.62 bits per heavy atom. The summed E-state index contributed by atoms with van der Waals surface area (Å²) in [6.45, 7) is 0. The van der Waals surface area contributed by atoms with E-state index < -0.39 is 12.0 Å². The highest BCUT2D eigenvalue weighted by Crippen LogP contribution is 2.31. The van der Waals surface area contributed by atoms with Crippen LogP contribution in [0.3, 0.4) is 0 Å². The van der Waals surface area contributed by atoms with Crippen molar-refractivity contribution in [3.05, 3.63) is 48.5 Å². The van der Waals surface area contributed by atoms with Crippen molar-refractivity contribution >= 4 is 46.1 Å². The fourth-order valence-corrected chi connectivity index (χ4v) is 2.60. The number of fused-ring (bicyclic) bond motifs is 2. The minimum atomic E-state index is -0.921. The fraction of sp³-hybridized carbons (Fsp3) is 0.125. The Labute approximate surface area is 127 Å². The highest BCUT2D eigenvalue weighted by molar-refractivity contribution is 7.80. The lowest BCUT2D eigenvalue weighted by Gasteiger charge is -2.17. The smallest absolute Gasteiger partial charge is 0.326 e. The van der Waals surface area contributed by atoms with E-state index in [2.05, 4.69) is 22.9 Å². The molecule has 0 radical (unpaired) electrons. The molecular weight excluding hydrogens is 284 g/mol. The summed E-state index contributed by atoms with van der Waals surface area (Å²) in [4.78, 5) is 15.9. The van der Waals surface area contributed by atoms with Gasteiger partial charge >= 0.3 is 5.97 Å². The van der Waals surface area contributed by atoms with Gasteiger partial charge in [0.2, 0.25) is 0 Å². The van der Waals surface area contributed by atoms with Crippen molar-refractivity contribution in [3.8, 4) is 0 Å². The van der Waals surface area contributed by atoms with Crippen molar-refractivity contribution in [3.63, 3.8) is 0 Å². The van der Waals surface area contributed by atoms with Crippen LogP contribution in [0.5, 0.6) is 0 Å². The van der Waals surface area contributed by atoms with Gasteiger partial charge in [0.1, 0.15) is 6.04 Å². The van der Waals surface area contributed by atoms with Gasteiger partial charge in [-0.25, -0.2) is 9.78 Å². The SMILES string of the molecule is O=C(O)[C@@H](CS)Nc1c2ccccc2nc2ccccc12. The van der Waals surface area contributed by atoms with E-state index in [0.717, 1.165) is 27.5 Å². The summed E-state index contributed by atoms with van der Waals surface area (Å²) >= 11 is 4.11. The van der Waals surface area contributed by atoms with Gasteiger partial charge in [-0.3, -0.25) is 0 Å². The summed E-state index contributed by atoms with van der Waals surface area (Å²) in [5, 5.41) is 14.2. The third kappa shape index (κ3) is 2.52. The highest BCUT2D eigenvalue weighted by atomic mass is 32.1. The average Bonchev–Trinajstić information content (AvgIpc) is 2.51. The lowest BCUT2D eigenvalue weighted by atomic mass is 10.1. The van der Waals surface area contributed by atoms with E-state index in [1.165, 1.54) is 0 Å². The second-order valence-corrected chi connectivity index (χ2v) is 5.10. The van der Waals surface area contributed by atoms with E-state index in [0.29, 0.717) is 0 Å². The van der Waals surface area contributed by atoms with Gasteiger partial charge in [0.15, 0.2) is 0 Å². The fourth-order valence-electron chi connectivity index (χ4n) is 2.36. The molecule has 3 rings (SSSR count). The number of hydrogen-bond acceptors (Lipinski definition) is 4. The lowest BCUT2D eigenvalue weighted by molar-refractivity contribution is -0.137. The third-order valence-corrected chi connectivity index (χ3v) is 3.75. The number of anilines is 1. The topological polar surface area (TPSA) is 62.2 Å². The minimum Gasteiger partial charge on any atom is -0.480 e. The molecule has 106 valence electrons. The molecule has 2 N–H and O–H groups in total. The second kappa shape index (κ2) is 5.61. The van der Waals surface area contributed by atoms with Crippen LogP contribution in [0.25, 0.3) is 21.8 Å². The van der Waals surface area contributed by atoms with Crippen LogP contribution in [0.15, 0.2) is 48.5 Å². The maximum Gasteiger partial charge on any atom is 0.326 e. The first-order valence-electron chi connectivity index (χ1n) is 6.58. The summed E-state index contributed by atoms with van der Waals surface area (Å²) in [7, 11) is 0. The molecular formula is C16H14N2O2S. The van der Waals surface area contributed by atoms with Crippen LogP contribution in [-0.2, 0) is 4.79 Å². The van der Waals surface area contributed by atoms with Gasteiger partial charge in [-0.05, 0) is 12.1 Å². The van der Waals surface area contributed by atoms with Gasteiger partial charge in [0.05, 0.1) is 16.7 Å². The normalized spacial score (nSPS) is 12.4. The molecule has 0 bridgehead atoms. The predicted octanol–water partition coefficient (Wildman–Crippen LogP) is 3.18. The first-order valence-corrected chi connectivity index (χ1v) is 7.21. The quantitative estimate of drug-likeness (QED) is 0.511. The molecule has 0 aliphatic heterocycles. The van der Waals surface area contributed by atoms with Gasteiger partial charge in [-0.1, -0.05) is 36.4 Å². The number of para-hydroxylation sites is 2. The molecule has 0 aliphatic carbocycles. The number of carboxylic acids is 1. The van der Waals surface area contributed by atoms with E-state index >= 15 is 0 Å². The first-order chi connectivity index (χ1) is 10.2. The Hall–Kier alpha value is -2.27. The van der Waals surface area contributed by atoms with Crippen LogP contribution >= 0.6 is 12.6 Å². The molecule has 0 aliphatic rings. The second-order valence-electron chi connectivity index (χ2n) is 4.74. The zero-order valence-corrected chi connectivity index (χ0v) is 12.0. The molecule has 0 saturated heterocycles. The zero-order chi connectivity index (χ0) is 14.8. The molecule has 0 amide bonds. The van der Waals surface area contributed by atoms with E-state index in [-0.39, 0.29) is 5.75 Å². The molecule has 1 atom stereocenters. The average molecular weight is 298 g/mol. The summed E-state index contributed by atoms with van der Waals surface area (Å²) < 4.78 is 0. The van der Waals surface area contributed by atoms with E-state index in [4.69, 9.17) is 0 Å². The summed E-state index contributed by atoms with van der Waals surface area (Å²) in [5.41, 5.74) is 2.46. The molecule has 1 aromatic heterocycles. The van der Waals surface area contributed by atoms with Crippen LogP contribution in [-0.4, -0.2) is 27.9 Å². The summed E-state index contributed by atoms with van der Waals surface area (Å²) in [5.74, 6) is -0.713. The van der Waals surface area contributed by atoms with Crippen LogP contribution in [0.2, 0.25) is 0 Å². The molecule has 0 unspecified atom stereocenters. The van der Waals surface area contributed by atoms with Gasteiger partial charge in [-0.15, -0.1) is 0 Å². The number of carbonyl (C=O) groups is 1. The molecule has 0 fully saturated rings. The predicted molar refractivity (Wildman–Crippen MR) is 88.1 cm³/mol. The number of nitrogens with zero attached hydrogens (tertiary/aromatic N) is 1. The molecule has 0 spiro atoms. The Bertz CT molecular complexity index is 766. The van der Waals surface area contributed by atoms with Crippen molar-refractivity contribution in [2.24, 2.45) is 0 Å². The minimum absolute atomic E-state index is 0.209. The van der Waals surface area contributed by atoms with Crippen molar-refractivity contribution in [1.29, 1.82) is 0 Å². The lowest BCUT2D eigenvalue weighted by Crippen LogP contribution is -2.31. The van der Waals surface area contributed by atoms with E-state index in [9.17, 15) is 9.90 Å². The van der Waals surface area contributed by atoms with Crippen molar-refractivity contribution in [1.82, 2.24) is 4.98 Å². The Morgan fingerprint density at radius 1 is 1.10 bits per heavy atom. The summed E-state index contributed by atoms with van der Waals surface area (Å²) in [6, 6.07) is 14.6. The number of thiol groups is 1. The number of aromatic nitrogens is 1. The van der Waals surface area contributed by atoms with Crippen molar-refractivity contribution in [2.45, 2.75) is 6.04 Å². The number of aliphatic carboxylic acids is 1. The number of nitrogens with one attached hydrogen (secondary N) is 1. The number of carboxylic acid groups (broad SMARTS) is 1. The molecule has 2 aromatic carbocycles. The maximum absolute atomic E-state index is 11.3. The largest absolute Gasteiger partial charge is 0.480 e. The number of pyridine rings is 1. The molecule has 1 heterocycles. The number of benzene rings is 2. The Balaban J connectivity index is 2.27. The third-order valence-electron chi connectivity index (χ3n) is 3.39. The van der Waals surface area contributed by atoms with E-state index in [1.807, 2.05) is 48.5 Å². The molecule has 0 saturated carbocycles. The Morgan fingerprint density at radius 3 is 2.10 bits per heavy atom. The molecule has 5 heteroatoms. The monoisotopic (exact) mass is 298 g/mol. The Kier molecular flexibility index (Phi) is 3.66. The van der Waals surface area contributed by atoms with Crippen LogP contribution < -0.4 is 5.32 Å². The van der Waals surface area contributed by atoms with Crippen molar-refractivity contribution in [2.75, 3.05) is 11.1 Å².